The van der Waals surface area contributed by atoms with E-state index in [4.69, 9.17) is 5.73 Å². The standard InChI is InChI=1S/C9H11N5/c1-14-9(2-3-12-14)8-4-7(5-10)6-11-13-8/h2-4,6H,5,10H2,1H3. The molecule has 2 aromatic heterocycles. The number of nitrogens with zero attached hydrogens (tertiary/aromatic N) is 4. The third kappa shape index (κ3) is 1.49. The molecule has 5 nitrogen and oxygen atoms in total. The molecular weight excluding hydrogens is 178 g/mol. The summed E-state index contributed by atoms with van der Waals surface area (Å²) in [6.45, 7) is 0.473. The molecule has 0 radical (unpaired) electrons. The molecule has 0 aliphatic carbocycles. The van der Waals surface area contributed by atoms with E-state index in [0.717, 1.165) is 17.0 Å². The molecule has 0 spiro atoms. The molecule has 0 unspecified atom stereocenters. The minimum absolute atomic E-state index is 0.473. The Labute approximate surface area is 81.6 Å². The van der Waals surface area contributed by atoms with Crippen LogP contribution in [-0.2, 0) is 13.6 Å². The minimum atomic E-state index is 0.473. The van der Waals surface area contributed by atoms with Crippen molar-refractivity contribution in [1.82, 2.24) is 20.0 Å². The predicted molar refractivity (Wildman–Crippen MR) is 52.1 cm³/mol. The topological polar surface area (TPSA) is 69.6 Å². The zero-order chi connectivity index (χ0) is 9.97. The Morgan fingerprint density at radius 3 is 3.00 bits per heavy atom. The first kappa shape index (κ1) is 8.83. The summed E-state index contributed by atoms with van der Waals surface area (Å²) in [6.07, 6.45) is 3.39. The number of rotatable bonds is 2. The molecule has 5 heteroatoms. The van der Waals surface area contributed by atoms with Crippen LogP contribution < -0.4 is 5.73 Å². The van der Waals surface area contributed by atoms with Crippen LogP contribution in [0.25, 0.3) is 11.4 Å². The van der Waals surface area contributed by atoms with Crippen molar-refractivity contribution in [3.63, 3.8) is 0 Å². The summed E-state index contributed by atoms with van der Waals surface area (Å²) in [7, 11) is 1.87. The van der Waals surface area contributed by atoms with Gasteiger partial charge in [0.15, 0.2) is 0 Å². The Morgan fingerprint density at radius 1 is 1.50 bits per heavy atom. The van der Waals surface area contributed by atoms with E-state index in [1.807, 2.05) is 19.2 Å². The number of nitrogens with two attached hydrogens (primary N) is 1. The van der Waals surface area contributed by atoms with E-state index < -0.39 is 0 Å². The fraction of sp³-hybridized carbons (Fsp3) is 0.222. The van der Waals surface area contributed by atoms with E-state index in [9.17, 15) is 0 Å². The summed E-state index contributed by atoms with van der Waals surface area (Å²) in [6, 6.07) is 3.81. The highest BCUT2D eigenvalue weighted by Crippen LogP contribution is 2.14. The molecule has 2 N–H and O–H groups in total. The molecule has 0 saturated heterocycles. The molecule has 0 amide bonds. The van der Waals surface area contributed by atoms with Gasteiger partial charge in [0.25, 0.3) is 0 Å². The summed E-state index contributed by atoms with van der Waals surface area (Å²) in [4.78, 5) is 0. The van der Waals surface area contributed by atoms with E-state index in [0.29, 0.717) is 6.54 Å². The van der Waals surface area contributed by atoms with Gasteiger partial charge in [-0.05, 0) is 17.7 Å². The molecule has 0 aliphatic rings. The van der Waals surface area contributed by atoms with Crippen molar-refractivity contribution >= 4 is 0 Å². The van der Waals surface area contributed by atoms with Gasteiger partial charge in [-0.3, -0.25) is 4.68 Å². The highest BCUT2D eigenvalue weighted by molar-refractivity contribution is 5.53. The summed E-state index contributed by atoms with van der Waals surface area (Å²) < 4.78 is 1.75. The van der Waals surface area contributed by atoms with Crippen molar-refractivity contribution in [3.8, 4) is 11.4 Å². The zero-order valence-corrected chi connectivity index (χ0v) is 7.88. The molecule has 0 bridgehead atoms. The summed E-state index contributed by atoms with van der Waals surface area (Å²) in [5, 5.41) is 12.0. The SMILES string of the molecule is Cn1nccc1-c1cc(CN)cnn1. The first-order valence-corrected chi connectivity index (χ1v) is 4.31. The lowest BCUT2D eigenvalue weighted by Crippen LogP contribution is -2.01. The summed E-state index contributed by atoms with van der Waals surface area (Å²) >= 11 is 0. The first-order valence-electron chi connectivity index (χ1n) is 4.31. The largest absolute Gasteiger partial charge is 0.326 e. The second-order valence-electron chi connectivity index (χ2n) is 2.99. The first-order chi connectivity index (χ1) is 6.81. The monoisotopic (exact) mass is 189 g/mol. The Bertz CT molecular complexity index is 434. The summed E-state index contributed by atoms with van der Waals surface area (Å²) in [5.41, 5.74) is 8.23. The number of aromatic nitrogens is 4. The molecular formula is C9H11N5. The minimum Gasteiger partial charge on any atom is -0.326 e. The van der Waals surface area contributed by atoms with Gasteiger partial charge in [-0.15, -0.1) is 5.10 Å². The van der Waals surface area contributed by atoms with Crippen LogP contribution in [0.2, 0.25) is 0 Å². The maximum absolute atomic E-state index is 5.52. The van der Waals surface area contributed by atoms with Gasteiger partial charge < -0.3 is 5.73 Å². The van der Waals surface area contributed by atoms with E-state index in [2.05, 4.69) is 15.3 Å². The zero-order valence-electron chi connectivity index (χ0n) is 7.88. The maximum Gasteiger partial charge on any atom is 0.111 e. The normalized spacial score (nSPS) is 10.4. The molecule has 0 saturated carbocycles. The fourth-order valence-corrected chi connectivity index (χ4v) is 1.27. The van der Waals surface area contributed by atoms with Crippen LogP contribution in [0.15, 0.2) is 24.5 Å². The number of hydrogen-bond acceptors (Lipinski definition) is 4. The highest BCUT2D eigenvalue weighted by Gasteiger charge is 2.04. The van der Waals surface area contributed by atoms with E-state index in [1.165, 1.54) is 0 Å². The van der Waals surface area contributed by atoms with Gasteiger partial charge in [-0.1, -0.05) is 0 Å². The molecule has 0 aromatic carbocycles. The van der Waals surface area contributed by atoms with Gasteiger partial charge in [-0.25, -0.2) is 0 Å². The van der Waals surface area contributed by atoms with Gasteiger partial charge in [0, 0.05) is 19.8 Å². The molecule has 2 aromatic rings. The van der Waals surface area contributed by atoms with Gasteiger partial charge >= 0.3 is 0 Å². The average Bonchev–Trinajstić information content (AvgIpc) is 2.65. The molecule has 0 aliphatic heterocycles. The van der Waals surface area contributed by atoms with Crippen LogP contribution in [0.4, 0.5) is 0 Å². The molecule has 2 rings (SSSR count). The Hall–Kier alpha value is -1.75. The van der Waals surface area contributed by atoms with Crippen LogP contribution in [0.3, 0.4) is 0 Å². The van der Waals surface area contributed by atoms with E-state index in [-0.39, 0.29) is 0 Å². The number of hydrogen-bond donors (Lipinski definition) is 1. The van der Waals surface area contributed by atoms with Gasteiger partial charge in [0.1, 0.15) is 5.69 Å². The van der Waals surface area contributed by atoms with Crippen molar-refractivity contribution in [1.29, 1.82) is 0 Å². The Balaban J connectivity index is 2.47. The Kier molecular flexibility index (Phi) is 2.24. The second kappa shape index (κ2) is 3.55. The van der Waals surface area contributed by atoms with Crippen LogP contribution in [0.1, 0.15) is 5.56 Å². The second-order valence-corrected chi connectivity index (χ2v) is 2.99. The predicted octanol–water partition coefficient (Wildman–Crippen LogP) is 0.336. The van der Waals surface area contributed by atoms with Crippen LogP contribution in [-0.4, -0.2) is 20.0 Å². The van der Waals surface area contributed by atoms with Gasteiger partial charge in [-0.2, -0.15) is 10.2 Å². The van der Waals surface area contributed by atoms with Gasteiger partial charge in [0.2, 0.25) is 0 Å². The Morgan fingerprint density at radius 2 is 2.36 bits per heavy atom. The third-order valence-electron chi connectivity index (χ3n) is 2.03. The van der Waals surface area contributed by atoms with E-state index >= 15 is 0 Å². The van der Waals surface area contributed by atoms with Crippen molar-refractivity contribution < 1.29 is 0 Å². The lowest BCUT2D eigenvalue weighted by molar-refractivity contribution is 0.770. The molecule has 2 heterocycles. The van der Waals surface area contributed by atoms with E-state index in [1.54, 1.807) is 17.1 Å². The van der Waals surface area contributed by atoms with Crippen molar-refractivity contribution in [2.24, 2.45) is 12.8 Å². The molecule has 0 fully saturated rings. The van der Waals surface area contributed by atoms with Crippen LogP contribution in [0, 0.1) is 0 Å². The molecule has 0 atom stereocenters. The smallest absolute Gasteiger partial charge is 0.111 e. The molecule has 14 heavy (non-hydrogen) atoms. The lowest BCUT2D eigenvalue weighted by atomic mass is 10.2. The van der Waals surface area contributed by atoms with Crippen molar-refractivity contribution in [2.45, 2.75) is 6.54 Å². The van der Waals surface area contributed by atoms with Crippen LogP contribution in [0.5, 0.6) is 0 Å². The number of aryl methyl sites for hydroxylation is 1. The fourth-order valence-electron chi connectivity index (χ4n) is 1.27. The highest BCUT2D eigenvalue weighted by atomic mass is 15.3. The summed E-state index contributed by atoms with van der Waals surface area (Å²) in [5.74, 6) is 0. The average molecular weight is 189 g/mol. The van der Waals surface area contributed by atoms with Crippen LogP contribution >= 0.6 is 0 Å². The maximum atomic E-state index is 5.52. The molecule has 72 valence electrons. The van der Waals surface area contributed by atoms with Crippen molar-refractivity contribution in [2.75, 3.05) is 0 Å². The lowest BCUT2D eigenvalue weighted by Gasteiger charge is -2.01. The third-order valence-corrected chi connectivity index (χ3v) is 2.03. The quantitative estimate of drug-likeness (QED) is 0.739. The van der Waals surface area contributed by atoms with Crippen molar-refractivity contribution in [3.05, 3.63) is 30.1 Å². The van der Waals surface area contributed by atoms with Gasteiger partial charge in [0.05, 0.1) is 11.9 Å².